The van der Waals surface area contributed by atoms with E-state index in [1.165, 1.54) is 0 Å². The molecule has 0 amide bonds. The monoisotopic (exact) mass is 366 g/mol. The molecule has 2 aliphatic rings. The minimum Gasteiger partial charge on any atom is -0.382 e. The highest BCUT2D eigenvalue weighted by atomic mass is 16.5. The van der Waals surface area contributed by atoms with Crippen LogP contribution >= 0.6 is 0 Å². The lowest BCUT2D eigenvalue weighted by molar-refractivity contribution is -0.0402. The van der Waals surface area contributed by atoms with E-state index in [0.29, 0.717) is 36.1 Å². The molecule has 140 valence electrons. The van der Waals surface area contributed by atoms with Crippen LogP contribution in [0.1, 0.15) is 30.3 Å². The maximum absolute atomic E-state index is 6.06. The molecule has 0 bridgehead atoms. The van der Waals surface area contributed by atoms with Crippen molar-refractivity contribution >= 4 is 17.0 Å². The summed E-state index contributed by atoms with van der Waals surface area (Å²) in [5, 5.41) is 8.43. The zero-order valence-corrected chi connectivity index (χ0v) is 15.0. The molecule has 3 aromatic rings. The van der Waals surface area contributed by atoms with Gasteiger partial charge in [-0.3, -0.25) is 9.88 Å². The van der Waals surface area contributed by atoms with Gasteiger partial charge in [0.25, 0.3) is 0 Å². The largest absolute Gasteiger partial charge is 0.382 e. The Bertz CT molecular complexity index is 939. The summed E-state index contributed by atoms with van der Waals surface area (Å²) >= 11 is 0. The summed E-state index contributed by atoms with van der Waals surface area (Å²) in [5.41, 5.74) is 8.41. The number of hydrogen-bond acceptors (Lipinski definition) is 8. The summed E-state index contributed by atoms with van der Waals surface area (Å²) in [6.07, 6.45) is 4.10. The maximum Gasteiger partial charge on any atom is 0.184 e. The second-order valence-corrected chi connectivity index (χ2v) is 7.23. The number of pyridine rings is 1. The van der Waals surface area contributed by atoms with E-state index in [1.807, 2.05) is 18.3 Å². The second kappa shape index (κ2) is 6.82. The van der Waals surface area contributed by atoms with Gasteiger partial charge in [-0.05, 0) is 25.0 Å². The van der Waals surface area contributed by atoms with Gasteiger partial charge in [-0.25, -0.2) is 14.6 Å². The lowest BCUT2D eigenvalue weighted by Gasteiger charge is -2.32. The van der Waals surface area contributed by atoms with Crippen molar-refractivity contribution in [3.8, 4) is 0 Å². The number of nitrogens with two attached hydrogens (primary N) is 1. The van der Waals surface area contributed by atoms with Crippen LogP contribution in [-0.4, -0.2) is 60.6 Å². The van der Waals surface area contributed by atoms with Gasteiger partial charge in [0.05, 0.1) is 24.9 Å². The quantitative estimate of drug-likeness (QED) is 0.712. The molecule has 0 aromatic carbocycles. The summed E-state index contributed by atoms with van der Waals surface area (Å²) in [4.78, 5) is 15.8. The van der Waals surface area contributed by atoms with Gasteiger partial charge in [0.15, 0.2) is 17.0 Å². The van der Waals surface area contributed by atoms with E-state index in [4.69, 9.17) is 10.5 Å². The molecule has 1 unspecified atom stereocenters. The highest BCUT2D eigenvalue weighted by molar-refractivity contribution is 5.80. The standard InChI is InChI=1S/C18H22N8O/c19-16-15-18(22-17(21-16)12-4-5-12)26(24-23-15)11-14-10-25(7-8-27-14)9-13-3-1-2-6-20-13/h1-3,6,12,14H,4-5,7-11H2,(H2,19,21,22). The molecule has 9 nitrogen and oxygen atoms in total. The molecule has 27 heavy (non-hydrogen) atoms. The average Bonchev–Trinajstić information content (AvgIpc) is 3.45. The van der Waals surface area contributed by atoms with Crippen LogP contribution in [0, 0.1) is 0 Å². The summed E-state index contributed by atoms with van der Waals surface area (Å²) < 4.78 is 7.76. The van der Waals surface area contributed by atoms with Crippen molar-refractivity contribution in [3.05, 3.63) is 35.9 Å². The van der Waals surface area contributed by atoms with Crippen LogP contribution in [0.4, 0.5) is 5.82 Å². The molecule has 0 radical (unpaired) electrons. The predicted molar refractivity (Wildman–Crippen MR) is 98.8 cm³/mol. The lowest BCUT2D eigenvalue weighted by atomic mass is 10.2. The lowest BCUT2D eigenvalue weighted by Crippen LogP contribution is -2.44. The molecule has 2 N–H and O–H groups in total. The first-order valence-corrected chi connectivity index (χ1v) is 9.37. The minimum atomic E-state index is 0.0212. The number of nitrogen functional groups attached to an aromatic ring is 1. The fraction of sp³-hybridized carbons (Fsp3) is 0.500. The van der Waals surface area contributed by atoms with Crippen LogP contribution in [-0.2, 0) is 17.8 Å². The zero-order chi connectivity index (χ0) is 18.2. The van der Waals surface area contributed by atoms with E-state index in [0.717, 1.165) is 44.0 Å². The van der Waals surface area contributed by atoms with Gasteiger partial charge >= 0.3 is 0 Å². The number of nitrogens with zero attached hydrogens (tertiary/aromatic N) is 7. The molecule has 5 rings (SSSR count). The van der Waals surface area contributed by atoms with Crippen LogP contribution in [0.2, 0.25) is 0 Å². The van der Waals surface area contributed by atoms with Crippen LogP contribution in [0.15, 0.2) is 24.4 Å². The Morgan fingerprint density at radius 2 is 2.15 bits per heavy atom. The SMILES string of the molecule is Nc1nc(C2CC2)nc2c1nnn2CC1CN(Cc2ccccn2)CCO1. The molecule has 9 heteroatoms. The predicted octanol–water partition coefficient (Wildman–Crippen LogP) is 0.977. The Hall–Kier alpha value is -2.65. The van der Waals surface area contributed by atoms with E-state index >= 15 is 0 Å². The van der Waals surface area contributed by atoms with E-state index in [9.17, 15) is 0 Å². The fourth-order valence-corrected chi connectivity index (χ4v) is 3.49. The third-order valence-corrected chi connectivity index (χ3v) is 5.06. The Balaban J connectivity index is 1.32. The smallest absolute Gasteiger partial charge is 0.184 e. The highest BCUT2D eigenvalue weighted by Gasteiger charge is 2.29. The van der Waals surface area contributed by atoms with Crippen LogP contribution in [0.25, 0.3) is 11.2 Å². The van der Waals surface area contributed by atoms with Crippen molar-refractivity contribution in [3.63, 3.8) is 0 Å². The van der Waals surface area contributed by atoms with Crippen molar-refractivity contribution in [1.82, 2.24) is 34.8 Å². The first-order valence-electron chi connectivity index (χ1n) is 9.37. The molecule has 2 fully saturated rings. The zero-order valence-electron chi connectivity index (χ0n) is 15.0. The number of morpholine rings is 1. The Morgan fingerprint density at radius 3 is 2.96 bits per heavy atom. The molecule has 1 aliphatic carbocycles. The van der Waals surface area contributed by atoms with E-state index < -0.39 is 0 Å². The van der Waals surface area contributed by atoms with Gasteiger partial charge in [0.1, 0.15) is 5.82 Å². The Labute approximate surface area is 156 Å². The van der Waals surface area contributed by atoms with E-state index in [-0.39, 0.29) is 6.10 Å². The fourth-order valence-electron chi connectivity index (χ4n) is 3.49. The molecule has 1 aliphatic heterocycles. The summed E-state index contributed by atoms with van der Waals surface area (Å²) in [6.45, 7) is 3.81. The van der Waals surface area contributed by atoms with Crippen molar-refractivity contribution in [2.24, 2.45) is 0 Å². The van der Waals surface area contributed by atoms with Crippen LogP contribution in [0.5, 0.6) is 0 Å². The minimum absolute atomic E-state index is 0.0212. The van der Waals surface area contributed by atoms with Gasteiger partial charge in [-0.1, -0.05) is 11.3 Å². The van der Waals surface area contributed by atoms with E-state index in [2.05, 4.69) is 36.2 Å². The van der Waals surface area contributed by atoms with Gasteiger partial charge in [-0.15, -0.1) is 5.10 Å². The molecule has 1 atom stereocenters. The Kier molecular flexibility index (Phi) is 4.17. The van der Waals surface area contributed by atoms with E-state index in [1.54, 1.807) is 4.68 Å². The summed E-state index contributed by atoms with van der Waals surface area (Å²) in [5.74, 6) is 1.65. The highest BCUT2D eigenvalue weighted by Crippen LogP contribution is 2.38. The first-order chi connectivity index (χ1) is 13.3. The van der Waals surface area contributed by atoms with Gasteiger partial charge in [0, 0.05) is 31.7 Å². The number of ether oxygens (including phenoxy) is 1. The topological polar surface area (TPSA) is 108 Å². The van der Waals surface area contributed by atoms with Gasteiger partial charge in [-0.2, -0.15) is 0 Å². The number of hydrogen-bond donors (Lipinski definition) is 1. The van der Waals surface area contributed by atoms with Gasteiger partial charge < -0.3 is 10.5 Å². The van der Waals surface area contributed by atoms with Crippen molar-refractivity contribution < 1.29 is 4.74 Å². The molecular formula is C18H22N8O. The second-order valence-electron chi connectivity index (χ2n) is 7.23. The van der Waals surface area contributed by atoms with Gasteiger partial charge in [0.2, 0.25) is 0 Å². The van der Waals surface area contributed by atoms with Crippen LogP contribution < -0.4 is 5.73 Å². The maximum atomic E-state index is 6.06. The first kappa shape index (κ1) is 16.5. The number of fused-ring (bicyclic) bond motifs is 1. The Morgan fingerprint density at radius 1 is 1.22 bits per heavy atom. The van der Waals surface area contributed by atoms with Crippen molar-refractivity contribution in [2.75, 3.05) is 25.4 Å². The molecule has 0 spiro atoms. The number of aromatic nitrogens is 6. The molecule has 4 heterocycles. The van der Waals surface area contributed by atoms with Crippen molar-refractivity contribution in [2.45, 2.75) is 38.0 Å². The number of anilines is 1. The molecular weight excluding hydrogens is 344 g/mol. The molecule has 3 aromatic heterocycles. The summed E-state index contributed by atoms with van der Waals surface area (Å²) in [6, 6.07) is 6.00. The third-order valence-electron chi connectivity index (χ3n) is 5.06. The molecule has 1 saturated carbocycles. The normalized spacial score (nSPS) is 21.0. The number of rotatable bonds is 5. The van der Waals surface area contributed by atoms with Crippen molar-refractivity contribution in [1.29, 1.82) is 0 Å². The third kappa shape index (κ3) is 3.47. The molecule has 1 saturated heterocycles. The van der Waals surface area contributed by atoms with Crippen LogP contribution in [0.3, 0.4) is 0 Å². The summed E-state index contributed by atoms with van der Waals surface area (Å²) in [7, 11) is 0. The average molecular weight is 366 g/mol.